The third-order valence-corrected chi connectivity index (χ3v) is 4.77. The summed E-state index contributed by atoms with van der Waals surface area (Å²) < 4.78 is 8.69. The molecule has 2 aromatic heterocycles. The van der Waals surface area contributed by atoms with E-state index in [1.54, 1.807) is 18.2 Å². The molecule has 0 unspecified atom stereocenters. The molecule has 2 heterocycles. The van der Waals surface area contributed by atoms with Crippen molar-refractivity contribution in [3.63, 3.8) is 0 Å². The monoisotopic (exact) mass is 418 g/mol. The SMILES string of the molecule is O=C(C=Cc1cc[n+](Cc2ccccc2)cc1)c1cc2cc(Br)ccc2o1. The number of ketones is 1. The lowest BCUT2D eigenvalue weighted by atomic mass is 10.2. The maximum atomic E-state index is 12.4. The van der Waals surface area contributed by atoms with Crippen molar-refractivity contribution in [3.8, 4) is 0 Å². The first-order chi connectivity index (χ1) is 13.2. The molecule has 4 aromatic rings. The van der Waals surface area contributed by atoms with Crippen molar-refractivity contribution in [1.29, 1.82) is 0 Å². The number of halogens is 1. The average molecular weight is 419 g/mol. The number of hydrogen-bond donors (Lipinski definition) is 0. The summed E-state index contributed by atoms with van der Waals surface area (Å²) in [6.07, 6.45) is 7.37. The number of fused-ring (bicyclic) bond motifs is 1. The molecule has 0 saturated carbocycles. The third kappa shape index (κ3) is 4.23. The highest BCUT2D eigenvalue weighted by molar-refractivity contribution is 9.10. The molecule has 0 aliphatic carbocycles. The largest absolute Gasteiger partial charge is 0.453 e. The van der Waals surface area contributed by atoms with Crippen molar-refractivity contribution in [2.45, 2.75) is 6.54 Å². The van der Waals surface area contributed by atoms with Gasteiger partial charge in [-0.15, -0.1) is 0 Å². The van der Waals surface area contributed by atoms with Crippen LogP contribution in [0.5, 0.6) is 0 Å². The van der Waals surface area contributed by atoms with Gasteiger partial charge in [0.05, 0.1) is 0 Å². The topological polar surface area (TPSA) is 34.1 Å². The lowest BCUT2D eigenvalue weighted by molar-refractivity contribution is -0.688. The van der Waals surface area contributed by atoms with Crippen LogP contribution in [0.3, 0.4) is 0 Å². The number of aromatic nitrogens is 1. The maximum absolute atomic E-state index is 12.4. The second-order valence-electron chi connectivity index (χ2n) is 6.28. The molecule has 4 heteroatoms. The predicted octanol–water partition coefficient (Wildman–Crippen LogP) is 5.43. The van der Waals surface area contributed by atoms with Crippen molar-refractivity contribution >= 4 is 38.8 Å². The summed E-state index contributed by atoms with van der Waals surface area (Å²) in [6.45, 7) is 0.818. The molecule has 132 valence electrons. The van der Waals surface area contributed by atoms with Crippen molar-refractivity contribution in [2.75, 3.05) is 0 Å². The van der Waals surface area contributed by atoms with Crippen LogP contribution in [0.4, 0.5) is 0 Å². The third-order valence-electron chi connectivity index (χ3n) is 4.27. The van der Waals surface area contributed by atoms with Gasteiger partial charge in [0.1, 0.15) is 5.58 Å². The number of pyridine rings is 1. The van der Waals surface area contributed by atoms with E-state index in [9.17, 15) is 4.79 Å². The van der Waals surface area contributed by atoms with Gasteiger partial charge in [-0.05, 0) is 35.9 Å². The fraction of sp³-hybridized carbons (Fsp3) is 0.0435. The molecule has 0 spiro atoms. The Hall–Kier alpha value is -2.98. The fourth-order valence-electron chi connectivity index (χ4n) is 2.87. The van der Waals surface area contributed by atoms with Crippen molar-refractivity contribution < 1.29 is 13.8 Å². The Bertz CT molecular complexity index is 1110. The van der Waals surface area contributed by atoms with Crippen LogP contribution in [-0.4, -0.2) is 5.78 Å². The number of nitrogens with zero attached hydrogens (tertiary/aromatic N) is 1. The Kier molecular flexibility index (Phi) is 4.99. The molecule has 2 aromatic carbocycles. The lowest BCUT2D eigenvalue weighted by Gasteiger charge is -1.98. The first kappa shape index (κ1) is 17.4. The Labute approximate surface area is 165 Å². The molecule has 4 rings (SSSR count). The van der Waals surface area contributed by atoms with Gasteiger partial charge in [0.15, 0.2) is 24.7 Å². The van der Waals surface area contributed by atoms with Crippen LogP contribution in [0.1, 0.15) is 21.7 Å². The number of carbonyl (C=O) groups excluding carboxylic acids is 1. The van der Waals surface area contributed by atoms with Gasteiger partial charge in [0, 0.05) is 27.6 Å². The normalized spacial score (nSPS) is 11.3. The molecule has 0 N–H and O–H groups in total. The highest BCUT2D eigenvalue weighted by atomic mass is 79.9. The van der Waals surface area contributed by atoms with E-state index in [1.807, 2.05) is 60.9 Å². The zero-order chi connectivity index (χ0) is 18.6. The van der Waals surface area contributed by atoms with Gasteiger partial charge in [0.25, 0.3) is 0 Å². The van der Waals surface area contributed by atoms with Gasteiger partial charge in [-0.25, -0.2) is 4.57 Å². The fourth-order valence-corrected chi connectivity index (χ4v) is 3.25. The molecule has 27 heavy (non-hydrogen) atoms. The molecule has 3 nitrogen and oxygen atoms in total. The quantitative estimate of drug-likeness (QED) is 0.246. The van der Waals surface area contributed by atoms with E-state index < -0.39 is 0 Å². The summed E-state index contributed by atoms with van der Waals surface area (Å²) in [6, 6.07) is 21.7. The smallest absolute Gasteiger partial charge is 0.221 e. The van der Waals surface area contributed by atoms with Gasteiger partial charge < -0.3 is 4.42 Å². The van der Waals surface area contributed by atoms with Crippen LogP contribution in [-0.2, 0) is 6.54 Å². The Balaban J connectivity index is 1.46. The van der Waals surface area contributed by atoms with Crippen LogP contribution in [0, 0.1) is 0 Å². The minimum absolute atomic E-state index is 0.150. The molecule has 0 aliphatic heterocycles. The Morgan fingerprint density at radius 3 is 2.56 bits per heavy atom. The van der Waals surface area contributed by atoms with Crippen LogP contribution in [0.25, 0.3) is 17.0 Å². The summed E-state index contributed by atoms with van der Waals surface area (Å²) in [7, 11) is 0. The van der Waals surface area contributed by atoms with Crippen LogP contribution < -0.4 is 4.57 Å². The molecule has 0 saturated heterocycles. The zero-order valence-electron chi connectivity index (χ0n) is 14.5. The highest BCUT2D eigenvalue weighted by Crippen LogP contribution is 2.23. The van der Waals surface area contributed by atoms with Gasteiger partial charge in [0.2, 0.25) is 5.78 Å². The maximum Gasteiger partial charge on any atom is 0.221 e. The van der Waals surface area contributed by atoms with Crippen molar-refractivity contribution in [3.05, 3.63) is 107 Å². The number of allylic oxidation sites excluding steroid dienone is 1. The molecule has 0 amide bonds. The molecular formula is C23H17BrNO2+. The minimum atomic E-state index is -0.150. The predicted molar refractivity (Wildman–Crippen MR) is 109 cm³/mol. The molecule has 0 bridgehead atoms. The summed E-state index contributed by atoms with van der Waals surface area (Å²) >= 11 is 3.42. The summed E-state index contributed by atoms with van der Waals surface area (Å²) in [5, 5.41) is 0.905. The van der Waals surface area contributed by atoms with Crippen molar-refractivity contribution in [1.82, 2.24) is 0 Å². The van der Waals surface area contributed by atoms with E-state index >= 15 is 0 Å². The standard InChI is InChI=1S/C23H17BrNO2/c24-20-7-9-22-19(14-20)15-23(27-22)21(26)8-6-17-10-12-25(13-11-17)16-18-4-2-1-3-5-18/h1-15H,16H2/q+1. The zero-order valence-corrected chi connectivity index (χ0v) is 16.1. The van der Waals surface area contributed by atoms with Gasteiger partial charge in [-0.3, -0.25) is 4.79 Å². The number of hydrogen-bond acceptors (Lipinski definition) is 2. The van der Waals surface area contributed by atoms with Crippen LogP contribution in [0.15, 0.2) is 94.1 Å². The van der Waals surface area contributed by atoms with E-state index in [0.29, 0.717) is 11.3 Å². The second kappa shape index (κ2) is 7.72. The van der Waals surface area contributed by atoms with E-state index in [1.165, 1.54) is 5.56 Å². The number of furan rings is 1. The Morgan fingerprint density at radius 2 is 1.78 bits per heavy atom. The van der Waals surface area contributed by atoms with Gasteiger partial charge in [-0.1, -0.05) is 52.3 Å². The molecule has 0 radical (unpaired) electrons. The summed E-state index contributed by atoms with van der Waals surface area (Å²) in [5.74, 6) is 0.192. The summed E-state index contributed by atoms with van der Waals surface area (Å²) in [4.78, 5) is 12.4. The molecule has 0 atom stereocenters. The first-order valence-electron chi connectivity index (χ1n) is 8.62. The lowest BCUT2D eigenvalue weighted by Crippen LogP contribution is -2.33. The van der Waals surface area contributed by atoms with E-state index in [2.05, 4.69) is 32.6 Å². The Morgan fingerprint density at radius 1 is 1.00 bits per heavy atom. The minimum Gasteiger partial charge on any atom is -0.453 e. The number of rotatable bonds is 5. The highest BCUT2D eigenvalue weighted by Gasteiger charge is 2.10. The van der Waals surface area contributed by atoms with Crippen LogP contribution >= 0.6 is 15.9 Å². The molecule has 0 aliphatic rings. The van der Waals surface area contributed by atoms with E-state index in [0.717, 1.165) is 22.0 Å². The first-order valence-corrected chi connectivity index (χ1v) is 9.41. The number of carbonyl (C=O) groups is 1. The van der Waals surface area contributed by atoms with Gasteiger partial charge in [-0.2, -0.15) is 0 Å². The second-order valence-corrected chi connectivity index (χ2v) is 7.20. The average Bonchev–Trinajstić information content (AvgIpc) is 3.11. The van der Waals surface area contributed by atoms with E-state index in [-0.39, 0.29) is 5.78 Å². The van der Waals surface area contributed by atoms with E-state index in [4.69, 9.17) is 4.42 Å². The van der Waals surface area contributed by atoms with Crippen molar-refractivity contribution in [2.24, 2.45) is 0 Å². The summed E-state index contributed by atoms with van der Waals surface area (Å²) in [5.41, 5.74) is 2.92. The molecular weight excluding hydrogens is 402 g/mol. The van der Waals surface area contributed by atoms with Gasteiger partial charge >= 0.3 is 0 Å². The number of benzene rings is 2. The van der Waals surface area contributed by atoms with Crippen LogP contribution in [0.2, 0.25) is 0 Å². The molecule has 0 fully saturated rings.